The van der Waals surface area contributed by atoms with E-state index in [2.05, 4.69) is 20.4 Å². The number of hydrazine groups is 1. The highest BCUT2D eigenvalue weighted by atomic mass is 16.5. The average molecular weight is 316 g/mol. The third kappa shape index (κ3) is 3.25. The molecule has 3 rings (SSSR count). The molecule has 2 aromatic heterocycles. The minimum Gasteiger partial charge on any atom is -0.338 e. The van der Waals surface area contributed by atoms with Gasteiger partial charge in [0.15, 0.2) is 5.82 Å². The molecule has 2 amide bonds. The molecule has 1 saturated heterocycles. The Kier molecular flexibility index (Phi) is 3.89. The maximum absolute atomic E-state index is 12.5. The standard InChI is InChI=1S/C15H20N6O2/c1-15(2,3)11-9-13(23-19-11)18-14(22)21-8-4-7-20(21)12-10-16-5-6-17-12/h5-6,9-10H,4,7-8H2,1-3H3,(H,18,22). The van der Waals surface area contributed by atoms with Crippen molar-refractivity contribution in [3.63, 3.8) is 0 Å². The van der Waals surface area contributed by atoms with Crippen LogP contribution >= 0.6 is 0 Å². The van der Waals surface area contributed by atoms with Gasteiger partial charge in [0.2, 0.25) is 5.88 Å². The maximum Gasteiger partial charge on any atom is 0.343 e. The third-order valence-corrected chi connectivity index (χ3v) is 3.59. The largest absolute Gasteiger partial charge is 0.343 e. The zero-order valence-corrected chi connectivity index (χ0v) is 13.5. The fourth-order valence-electron chi connectivity index (χ4n) is 2.34. The SMILES string of the molecule is CC(C)(C)c1cc(NC(=O)N2CCCN2c2cnccn2)on1. The summed E-state index contributed by atoms with van der Waals surface area (Å²) in [6.45, 7) is 7.44. The van der Waals surface area contributed by atoms with Crippen molar-refractivity contribution in [3.8, 4) is 0 Å². The first-order valence-electron chi connectivity index (χ1n) is 7.54. The lowest BCUT2D eigenvalue weighted by Crippen LogP contribution is -2.44. The van der Waals surface area contributed by atoms with Gasteiger partial charge in [-0.05, 0) is 6.42 Å². The summed E-state index contributed by atoms with van der Waals surface area (Å²) in [5, 5.41) is 10.2. The van der Waals surface area contributed by atoms with Crippen LogP contribution in [0.4, 0.5) is 16.5 Å². The summed E-state index contributed by atoms with van der Waals surface area (Å²) in [5.74, 6) is 0.985. The number of rotatable bonds is 2. The first-order chi connectivity index (χ1) is 10.9. The summed E-state index contributed by atoms with van der Waals surface area (Å²) in [4.78, 5) is 20.8. The molecule has 0 unspecified atom stereocenters. The third-order valence-electron chi connectivity index (χ3n) is 3.59. The maximum atomic E-state index is 12.5. The number of urea groups is 1. The van der Waals surface area contributed by atoms with Gasteiger partial charge in [-0.15, -0.1) is 0 Å². The lowest BCUT2D eigenvalue weighted by Gasteiger charge is -2.27. The van der Waals surface area contributed by atoms with Gasteiger partial charge in [0.25, 0.3) is 0 Å². The molecule has 2 aromatic rings. The van der Waals surface area contributed by atoms with Crippen molar-refractivity contribution < 1.29 is 9.32 Å². The Morgan fingerprint density at radius 1 is 1.30 bits per heavy atom. The number of carbonyl (C=O) groups is 1. The van der Waals surface area contributed by atoms with Gasteiger partial charge in [-0.25, -0.2) is 14.8 Å². The number of hydrogen-bond donors (Lipinski definition) is 1. The number of nitrogens with one attached hydrogen (secondary N) is 1. The summed E-state index contributed by atoms with van der Waals surface area (Å²) in [7, 11) is 0. The summed E-state index contributed by atoms with van der Waals surface area (Å²) in [5.41, 5.74) is 0.659. The van der Waals surface area contributed by atoms with E-state index in [4.69, 9.17) is 4.52 Å². The van der Waals surface area contributed by atoms with Crippen molar-refractivity contribution in [2.45, 2.75) is 32.6 Å². The second-order valence-electron chi connectivity index (χ2n) is 6.42. The van der Waals surface area contributed by atoms with Crippen molar-refractivity contribution in [3.05, 3.63) is 30.4 Å². The molecule has 3 heterocycles. The summed E-state index contributed by atoms with van der Waals surface area (Å²) < 4.78 is 5.21. The van der Waals surface area contributed by atoms with Crippen LogP contribution in [0.15, 0.2) is 29.2 Å². The monoisotopic (exact) mass is 316 g/mol. The van der Waals surface area contributed by atoms with Crippen molar-refractivity contribution in [1.82, 2.24) is 20.1 Å². The van der Waals surface area contributed by atoms with Crippen LogP contribution in [0.1, 0.15) is 32.9 Å². The van der Waals surface area contributed by atoms with E-state index in [0.29, 0.717) is 18.2 Å². The zero-order chi connectivity index (χ0) is 16.4. The van der Waals surface area contributed by atoms with Crippen molar-refractivity contribution in [1.29, 1.82) is 0 Å². The quantitative estimate of drug-likeness (QED) is 0.915. The van der Waals surface area contributed by atoms with Gasteiger partial charge in [-0.3, -0.25) is 15.3 Å². The Morgan fingerprint density at radius 3 is 2.78 bits per heavy atom. The van der Waals surface area contributed by atoms with Gasteiger partial charge in [0.1, 0.15) is 0 Å². The molecule has 8 nitrogen and oxygen atoms in total. The van der Waals surface area contributed by atoms with Gasteiger partial charge >= 0.3 is 6.03 Å². The lowest BCUT2D eigenvalue weighted by atomic mass is 9.92. The van der Waals surface area contributed by atoms with E-state index in [1.165, 1.54) is 0 Å². The minimum atomic E-state index is -0.273. The molecule has 1 fully saturated rings. The normalized spacial score (nSPS) is 15.1. The summed E-state index contributed by atoms with van der Waals surface area (Å²) in [6, 6.07) is 1.48. The zero-order valence-electron chi connectivity index (χ0n) is 13.5. The molecule has 0 saturated carbocycles. The molecule has 1 aliphatic heterocycles. The number of nitrogens with zero attached hydrogens (tertiary/aromatic N) is 5. The molecule has 1 aliphatic rings. The summed E-state index contributed by atoms with van der Waals surface area (Å²) >= 11 is 0. The van der Waals surface area contributed by atoms with Crippen LogP contribution in [0.2, 0.25) is 0 Å². The van der Waals surface area contributed by atoms with E-state index in [1.54, 1.807) is 29.7 Å². The topological polar surface area (TPSA) is 87.4 Å². The number of hydrogen-bond acceptors (Lipinski definition) is 6. The molecule has 0 aliphatic carbocycles. The van der Waals surface area contributed by atoms with Crippen LogP contribution < -0.4 is 10.3 Å². The van der Waals surface area contributed by atoms with Crippen LogP contribution in [0.25, 0.3) is 0 Å². The Morgan fingerprint density at radius 2 is 2.13 bits per heavy atom. The Hall–Kier alpha value is -2.64. The van der Waals surface area contributed by atoms with E-state index in [-0.39, 0.29) is 11.4 Å². The van der Waals surface area contributed by atoms with Crippen LogP contribution in [-0.2, 0) is 5.41 Å². The molecule has 0 spiro atoms. The summed E-state index contributed by atoms with van der Waals surface area (Å²) in [6.07, 6.45) is 5.72. The highest BCUT2D eigenvalue weighted by molar-refractivity contribution is 5.89. The number of aromatic nitrogens is 3. The van der Waals surface area contributed by atoms with Crippen molar-refractivity contribution in [2.75, 3.05) is 23.4 Å². The second-order valence-corrected chi connectivity index (χ2v) is 6.42. The minimum absolute atomic E-state index is 0.133. The molecule has 1 N–H and O–H groups in total. The average Bonchev–Trinajstić information content (AvgIpc) is 3.16. The molecule has 0 radical (unpaired) electrons. The van der Waals surface area contributed by atoms with Gasteiger partial charge in [-0.2, -0.15) is 0 Å². The van der Waals surface area contributed by atoms with Gasteiger partial charge in [0.05, 0.1) is 11.9 Å². The molecule has 0 atom stereocenters. The Bertz CT molecular complexity index is 679. The number of amides is 2. The molecule has 122 valence electrons. The van der Waals surface area contributed by atoms with E-state index >= 15 is 0 Å². The van der Waals surface area contributed by atoms with Gasteiger partial charge < -0.3 is 4.52 Å². The van der Waals surface area contributed by atoms with E-state index in [1.807, 2.05) is 25.8 Å². The van der Waals surface area contributed by atoms with Crippen LogP contribution in [0.3, 0.4) is 0 Å². The van der Waals surface area contributed by atoms with Gasteiger partial charge in [-0.1, -0.05) is 25.9 Å². The highest BCUT2D eigenvalue weighted by Gasteiger charge is 2.29. The molecule has 0 bridgehead atoms. The predicted molar refractivity (Wildman–Crippen MR) is 84.9 cm³/mol. The van der Waals surface area contributed by atoms with E-state index in [9.17, 15) is 4.79 Å². The predicted octanol–water partition coefficient (Wildman–Crippen LogP) is 2.42. The molecular formula is C15H20N6O2. The fourth-order valence-corrected chi connectivity index (χ4v) is 2.34. The first-order valence-corrected chi connectivity index (χ1v) is 7.54. The first kappa shape index (κ1) is 15.3. The van der Waals surface area contributed by atoms with Gasteiger partial charge in [0, 0.05) is 37.0 Å². The molecule has 0 aromatic carbocycles. The van der Waals surface area contributed by atoms with Crippen LogP contribution in [0, 0.1) is 0 Å². The number of anilines is 2. The van der Waals surface area contributed by atoms with E-state index in [0.717, 1.165) is 18.7 Å². The molecule has 23 heavy (non-hydrogen) atoms. The lowest BCUT2D eigenvalue weighted by molar-refractivity contribution is 0.217. The van der Waals surface area contributed by atoms with Crippen LogP contribution in [-0.4, -0.2) is 39.3 Å². The number of carbonyl (C=O) groups excluding carboxylic acids is 1. The highest BCUT2D eigenvalue weighted by Crippen LogP contribution is 2.24. The second kappa shape index (κ2) is 5.86. The van der Waals surface area contributed by atoms with E-state index < -0.39 is 0 Å². The molecular weight excluding hydrogens is 296 g/mol. The van der Waals surface area contributed by atoms with Crippen molar-refractivity contribution in [2.24, 2.45) is 0 Å². The Balaban J connectivity index is 1.71. The van der Waals surface area contributed by atoms with Crippen LogP contribution in [0.5, 0.6) is 0 Å². The smallest absolute Gasteiger partial charge is 0.338 e. The van der Waals surface area contributed by atoms with Crippen molar-refractivity contribution >= 4 is 17.7 Å². The molecule has 8 heteroatoms. The Labute approximate surface area is 134 Å². The fraction of sp³-hybridized carbons (Fsp3) is 0.467.